The molecule has 0 fully saturated rings. The number of benzene rings is 2. The zero-order valence-electron chi connectivity index (χ0n) is 18.4. The Morgan fingerprint density at radius 3 is 2.30 bits per heavy atom. The van der Waals surface area contributed by atoms with Crippen LogP contribution in [0.25, 0.3) is 11.4 Å². The average molecular weight is 461 g/mol. The van der Waals surface area contributed by atoms with Gasteiger partial charge in [-0.1, -0.05) is 49.3 Å². The Labute approximate surface area is 195 Å². The van der Waals surface area contributed by atoms with Gasteiger partial charge in [-0.15, -0.1) is 11.3 Å². The monoisotopic (exact) mass is 460 g/mol. The number of nitrogens with one attached hydrogen (secondary N) is 2. The van der Waals surface area contributed by atoms with E-state index in [4.69, 9.17) is 4.52 Å². The molecule has 168 valence electrons. The molecule has 33 heavy (non-hydrogen) atoms. The minimum atomic E-state index is -0.161. The van der Waals surface area contributed by atoms with Gasteiger partial charge < -0.3 is 15.2 Å². The van der Waals surface area contributed by atoms with Gasteiger partial charge in [0.25, 0.3) is 5.91 Å². The minimum Gasteiger partial charge on any atom is -0.339 e. The molecule has 2 aromatic carbocycles. The smallest absolute Gasteiger partial charge is 0.265 e. The van der Waals surface area contributed by atoms with Crippen LogP contribution in [-0.2, 0) is 11.2 Å². The fraction of sp³-hybridized carbons (Fsp3) is 0.200. The van der Waals surface area contributed by atoms with E-state index in [0.717, 1.165) is 5.56 Å². The lowest BCUT2D eigenvalue weighted by molar-refractivity contribution is -0.116. The summed E-state index contributed by atoms with van der Waals surface area (Å²) in [6.07, 6.45) is 0.558. The molecular weight excluding hydrogens is 436 g/mol. The molecule has 2 amide bonds. The number of hydrogen-bond acceptors (Lipinski definition) is 6. The predicted octanol–water partition coefficient (Wildman–Crippen LogP) is 5.75. The van der Waals surface area contributed by atoms with Crippen molar-refractivity contribution in [2.24, 2.45) is 0 Å². The maximum absolute atomic E-state index is 12.3. The quantitative estimate of drug-likeness (QED) is 0.349. The van der Waals surface area contributed by atoms with Crippen molar-refractivity contribution in [1.82, 2.24) is 10.1 Å². The summed E-state index contributed by atoms with van der Waals surface area (Å²) < 4.78 is 5.30. The van der Waals surface area contributed by atoms with Crippen LogP contribution in [0.5, 0.6) is 0 Å². The van der Waals surface area contributed by atoms with E-state index >= 15 is 0 Å². The van der Waals surface area contributed by atoms with Crippen molar-refractivity contribution in [2.45, 2.75) is 32.6 Å². The van der Waals surface area contributed by atoms with E-state index in [9.17, 15) is 9.59 Å². The summed E-state index contributed by atoms with van der Waals surface area (Å²) in [7, 11) is 0. The molecule has 0 bridgehead atoms. The van der Waals surface area contributed by atoms with Crippen LogP contribution >= 0.6 is 11.3 Å². The number of aromatic nitrogens is 2. The molecule has 0 unspecified atom stereocenters. The molecule has 2 heterocycles. The van der Waals surface area contributed by atoms with Crippen LogP contribution in [0.15, 0.2) is 70.6 Å². The third kappa shape index (κ3) is 5.93. The molecule has 0 radical (unpaired) electrons. The maximum atomic E-state index is 12.3. The molecule has 0 aliphatic carbocycles. The first kappa shape index (κ1) is 22.4. The zero-order chi connectivity index (χ0) is 23.2. The number of amides is 2. The van der Waals surface area contributed by atoms with Crippen molar-refractivity contribution in [3.8, 4) is 11.4 Å². The molecule has 7 nitrogen and oxygen atoms in total. The number of aryl methyl sites for hydroxylation is 1. The fourth-order valence-electron chi connectivity index (χ4n) is 3.17. The predicted molar refractivity (Wildman–Crippen MR) is 129 cm³/mol. The van der Waals surface area contributed by atoms with E-state index in [1.807, 2.05) is 23.6 Å². The number of thiophene rings is 1. The number of hydrogen-bond donors (Lipinski definition) is 2. The molecule has 4 rings (SSSR count). The highest BCUT2D eigenvalue weighted by Gasteiger charge is 2.12. The summed E-state index contributed by atoms with van der Waals surface area (Å²) in [6, 6.07) is 18.6. The molecule has 0 aliphatic heterocycles. The molecule has 0 saturated heterocycles. The largest absolute Gasteiger partial charge is 0.339 e. The van der Waals surface area contributed by atoms with Gasteiger partial charge >= 0.3 is 0 Å². The molecule has 0 saturated carbocycles. The highest BCUT2D eigenvalue weighted by atomic mass is 32.1. The number of carbonyl (C=O) groups excluding carboxylic acids is 2. The lowest BCUT2D eigenvalue weighted by Crippen LogP contribution is -2.13. The first-order valence-electron chi connectivity index (χ1n) is 10.7. The van der Waals surface area contributed by atoms with Crippen molar-refractivity contribution >= 4 is 34.5 Å². The minimum absolute atomic E-state index is 0.156. The summed E-state index contributed by atoms with van der Waals surface area (Å²) in [5, 5.41) is 11.5. The van der Waals surface area contributed by atoms with Gasteiger partial charge in [0.15, 0.2) is 0 Å². The van der Waals surface area contributed by atoms with Crippen LogP contribution in [0.3, 0.4) is 0 Å². The summed E-state index contributed by atoms with van der Waals surface area (Å²) in [6.45, 7) is 4.29. The van der Waals surface area contributed by atoms with Gasteiger partial charge in [0.05, 0.1) is 4.88 Å². The van der Waals surface area contributed by atoms with E-state index in [2.05, 4.69) is 46.8 Å². The lowest BCUT2D eigenvalue weighted by atomic mass is 10.0. The SMILES string of the molecule is CC(C)c1ccc(-c2noc(CCC(=O)Nc3ccc(NC(=O)c4cccs4)cc3)n2)cc1. The van der Waals surface area contributed by atoms with Gasteiger partial charge in [-0.2, -0.15) is 4.98 Å². The normalized spacial score (nSPS) is 10.9. The molecule has 0 atom stereocenters. The highest BCUT2D eigenvalue weighted by molar-refractivity contribution is 7.12. The van der Waals surface area contributed by atoms with Gasteiger partial charge in [-0.25, -0.2) is 0 Å². The standard InChI is InChI=1S/C25H24N4O3S/c1-16(2)17-5-7-18(8-6-17)24-28-23(32-29-24)14-13-22(30)26-19-9-11-20(12-10-19)27-25(31)21-4-3-15-33-21/h3-12,15-16H,13-14H2,1-2H3,(H,26,30)(H,27,31). The van der Waals surface area contributed by atoms with Crippen LogP contribution in [0.4, 0.5) is 11.4 Å². The number of nitrogens with zero attached hydrogens (tertiary/aromatic N) is 2. The van der Waals surface area contributed by atoms with Crippen LogP contribution < -0.4 is 10.6 Å². The second kappa shape index (κ2) is 10.2. The summed E-state index contributed by atoms with van der Waals surface area (Å²) >= 11 is 1.38. The second-order valence-corrected chi connectivity index (χ2v) is 8.79. The lowest BCUT2D eigenvalue weighted by Gasteiger charge is -2.07. The average Bonchev–Trinajstić information content (AvgIpc) is 3.52. The maximum Gasteiger partial charge on any atom is 0.265 e. The Hall–Kier alpha value is -3.78. The Kier molecular flexibility index (Phi) is 6.95. The van der Waals surface area contributed by atoms with Gasteiger partial charge in [0, 0.05) is 29.8 Å². The third-order valence-corrected chi connectivity index (χ3v) is 5.91. The van der Waals surface area contributed by atoms with Gasteiger partial charge in [-0.3, -0.25) is 9.59 Å². The van der Waals surface area contributed by atoms with Gasteiger partial charge in [0.1, 0.15) is 0 Å². The first-order valence-corrected chi connectivity index (χ1v) is 11.5. The summed E-state index contributed by atoms with van der Waals surface area (Å²) in [5.74, 6) is 1.07. The Balaban J connectivity index is 1.27. The van der Waals surface area contributed by atoms with E-state index in [0.29, 0.717) is 40.3 Å². The number of rotatable bonds is 8. The fourth-order valence-corrected chi connectivity index (χ4v) is 3.79. The zero-order valence-corrected chi connectivity index (χ0v) is 19.2. The molecule has 2 N–H and O–H groups in total. The van der Waals surface area contributed by atoms with E-state index in [-0.39, 0.29) is 18.2 Å². The van der Waals surface area contributed by atoms with Crippen LogP contribution in [0.1, 0.15) is 47.3 Å². The summed E-state index contributed by atoms with van der Waals surface area (Å²) in [4.78, 5) is 29.5. The topological polar surface area (TPSA) is 97.1 Å². The molecular formula is C25H24N4O3S. The second-order valence-electron chi connectivity index (χ2n) is 7.85. The number of carbonyl (C=O) groups is 2. The van der Waals surface area contributed by atoms with Crippen molar-refractivity contribution in [3.05, 3.63) is 82.4 Å². The van der Waals surface area contributed by atoms with Gasteiger partial charge in [0.2, 0.25) is 17.6 Å². The summed E-state index contributed by atoms with van der Waals surface area (Å²) in [5.41, 5.74) is 3.43. The highest BCUT2D eigenvalue weighted by Crippen LogP contribution is 2.21. The molecule has 2 aromatic heterocycles. The Morgan fingerprint density at radius 1 is 0.970 bits per heavy atom. The first-order chi connectivity index (χ1) is 16.0. The number of anilines is 2. The van der Waals surface area contributed by atoms with Gasteiger partial charge in [-0.05, 0) is 47.2 Å². The van der Waals surface area contributed by atoms with E-state index in [1.54, 1.807) is 30.3 Å². The van der Waals surface area contributed by atoms with Crippen molar-refractivity contribution in [1.29, 1.82) is 0 Å². The van der Waals surface area contributed by atoms with Crippen LogP contribution in [0, 0.1) is 0 Å². The van der Waals surface area contributed by atoms with Crippen LogP contribution in [0.2, 0.25) is 0 Å². The van der Waals surface area contributed by atoms with Crippen molar-refractivity contribution < 1.29 is 14.1 Å². The Bertz CT molecular complexity index is 1210. The van der Waals surface area contributed by atoms with Crippen molar-refractivity contribution in [3.63, 3.8) is 0 Å². The Morgan fingerprint density at radius 2 is 1.67 bits per heavy atom. The van der Waals surface area contributed by atoms with Crippen LogP contribution in [-0.4, -0.2) is 22.0 Å². The van der Waals surface area contributed by atoms with E-state index < -0.39 is 0 Å². The van der Waals surface area contributed by atoms with E-state index in [1.165, 1.54) is 16.9 Å². The molecule has 0 spiro atoms. The van der Waals surface area contributed by atoms with Crippen molar-refractivity contribution in [2.75, 3.05) is 10.6 Å². The molecule has 0 aliphatic rings. The molecule has 8 heteroatoms. The molecule has 4 aromatic rings. The third-order valence-electron chi connectivity index (χ3n) is 5.04.